The van der Waals surface area contributed by atoms with Crippen molar-refractivity contribution in [2.45, 2.75) is 0 Å². The molecule has 0 N–H and O–H groups in total. The highest BCUT2D eigenvalue weighted by Gasteiger charge is 2.10. The smallest absolute Gasteiger partial charge is 0.258 e. The van der Waals surface area contributed by atoms with E-state index in [0.717, 1.165) is 0 Å². The molecule has 0 atom stereocenters. The summed E-state index contributed by atoms with van der Waals surface area (Å²) in [5, 5.41) is 11.2. The molecule has 4 nitrogen and oxygen atoms in total. The number of non-ortho nitro benzene ring substituents is 1. The highest BCUT2D eigenvalue weighted by atomic mass is 32.1. The number of aromatic nitrogens is 1. The molecule has 0 saturated heterocycles. The molecule has 0 saturated carbocycles. The number of hydrogen-bond donors (Lipinski definition) is 0. The van der Waals surface area contributed by atoms with Crippen molar-refractivity contribution in [3.8, 4) is 0 Å². The lowest BCUT2D eigenvalue weighted by molar-refractivity contribution is -0.384. The lowest BCUT2D eigenvalue weighted by Crippen LogP contribution is -1.86. The average molecular weight is 318 g/mol. The fourth-order valence-electron chi connectivity index (χ4n) is 1.94. The van der Waals surface area contributed by atoms with Crippen LogP contribution in [0, 0.1) is 21.7 Å². The van der Waals surface area contributed by atoms with Gasteiger partial charge in [-0.2, -0.15) is 0 Å². The number of benzene rings is 2. The Kier molecular flexibility index (Phi) is 3.64. The maximum Gasteiger partial charge on any atom is 0.270 e. The Morgan fingerprint density at radius 1 is 1.14 bits per heavy atom. The summed E-state index contributed by atoms with van der Waals surface area (Å²) in [6, 6.07) is 7.97. The Morgan fingerprint density at radius 2 is 1.86 bits per heavy atom. The lowest BCUT2D eigenvalue weighted by atomic mass is 10.2. The summed E-state index contributed by atoms with van der Waals surface area (Å²) >= 11 is 1.21. The molecular weight excluding hydrogens is 310 g/mol. The third kappa shape index (κ3) is 2.71. The summed E-state index contributed by atoms with van der Waals surface area (Å²) in [6.45, 7) is 0. The van der Waals surface area contributed by atoms with E-state index in [9.17, 15) is 18.9 Å². The van der Waals surface area contributed by atoms with E-state index in [1.807, 2.05) is 0 Å². The molecule has 3 aromatic rings. The van der Waals surface area contributed by atoms with Crippen molar-refractivity contribution in [1.82, 2.24) is 4.98 Å². The number of fused-ring (bicyclic) bond motifs is 1. The summed E-state index contributed by atoms with van der Waals surface area (Å²) in [4.78, 5) is 14.5. The summed E-state index contributed by atoms with van der Waals surface area (Å²) in [5.41, 5.74) is 0.434. The first kappa shape index (κ1) is 14.3. The van der Waals surface area contributed by atoms with Crippen LogP contribution in [-0.2, 0) is 0 Å². The van der Waals surface area contributed by atoms with Crippen LogP contribution in [0.25, 0.3) is 22.4 Å². The van der Waals surface area contributed by atoms with Gasteiger partial charge in [0.25, 0.3) is 5.69 Å². The third-order valence-electron chi connectivity index (χ3n) is 2.99. The molecule has 0 aliphatic rings. The first-order chi connectivity index (χ1) is 10.5. The standard InChI is InChI=1S/C15H8F2N2O2S/c16-11-2-1-3-12(17)10(11)5-7-15-18-13-6-4-9(19(20)21)8-14(13)22-15/h1-8H/b7-5+. The SMILES string of the molecule is O=[N+]([O-])c1ccc2nc(/C=C/c3c(F)cccc3F)sc2c1. The molecule has 0 unspecified atom stereocenters. The Morgan fingerprint density at radius 3 is 2.55 bits per heavy atom. The molecule has 0 spiro atoms. The van der Waals surface area contributed by atoms with E-state index in [2.05, 4.69) is 4.98 Å². The van der Waals surface area contributed by atoms with Crippen molar-refractivity contribution in [2.24, 2.45) is 0 Å². The molecule has 1 aromatic heterocycles. The first-order valence-electron chi connectivity index (χ1n) is 6.21. The molecule has 0 fully saturated rings. The predicted octanol–water partition coefficient (Wildman–Crippen LogP) is 4.65. The van der Waals surface area contributed by atoms with Gasteiger partial charge in [0.1, 0.15) is 16.6 Å². The molecule has 0 aliphatic heterocycles. The largest absolute Gasteiger partial charge is 0.270 e. The van der Waals surface area contributed by atoms with Gasteiger partial charge in [-0.25, -0.2) is 13.8 Å². The molecule has 2 aromatic carbocycles. The monoisotopic (exact) mass is 318 g/mol. The van der Waals surface area contributed by atoms with Gasteiger partial charge in [0.2, 0.25) is 0 Å². The van der Waals surface area contributed by atoms with Crippen molar-refractivity contribution in [2.75, 3.05) is 0 Å². The maximum atomic E-state index is 13.5. The van der Waals surface area contributed by atoms with Crippen LogP contribution in [0.2, 0.25) is 0 Å². The van der Waals surface area contributed by atoms with Crippen LogP contribution in [0.1, 0.15) is 10.6 Å². The van der Waals surface area contributed by atoms with Crippen molar-refractivity contribution >= 4 is 39.4 Å². The summed E-state index contributed by atoms with van der Waals surface area (Å²) in [7, 11) is 0. The average Bonchev–Trinajstić information content (AvgIpc) is 2.88. The molecular formula is C15H8F2N2O2S. The third-order valence-corrected chi connectivity index (χ3v) is 3.98. The minimum absolute atomic E-state index is 0.0215. The van der Waals surface area contributed by atoms with Gasteiger partial charge in [-0.3, -0.25) is 10.1 Å². The van der Waals surface area contributed by atoms with Gasteiger partial charge in [0.15, 0.2) is 0 Å². The van der Waals surface area contributed by atoms with Crippen molar-refractivity contribution in [1.29, 1.82) is 0 Å². The zero-order valence-electron chi connectivity index (χ0n) is 11.0. The predicted molar refractivity (Wildman–Crippen MR) is 81.6 cm³/mol. The minimum atomic E-state index is -0.659. The van der Waals surface area contributed by atoms with Crippen LogP contribution in [0.3, 0.4) is 0 Å². The Bertz CT molecular complexity index is 885. The molecule has 0 bridgehead atoms. The second-order valence-corrected chi connectivity index (χ2v) is 5.49. The quantitative estimate of drug-likeness (QED) is 0.521. The summed E-state index contributed by atoms with van der Waals surface area (Å²) in [5.74, 6) is -1.32. The number of hydrogen-bond acceptors (Lipinski definition) is 4. The van der Waals surface area contributed by atoms with Gasteiger partial charge in [0.05, 0.1) is 15.1 Å². The van der Waals surface area contributed by atoms with Gasteiger partial charge in [-0.15, -0.1) is 11.3 Å². The zero-order valence-corrected chi connectivity index (χ0v) is 11.8. The van der Waals surface area contributed by atoms with E-state index in [1.165, 1.54) is 53.8 Å². The van der Waals surface area contributed by atoms with Crippen LogP contribution in [0.4, 0.5) is 14.5 Å². The molecule has 0 radical (unpaired) electrons. The number of nitro benzene ring substituents is 1. The summed E-state index contributed by atoms with van der Waals surface area (Å²) in [6.07, 6.45) is 2.79. The molecule has 22 heavy (non-hydrogen) atoms. The van der Waals surface area contributed by atoms with Crippen LogP contribution in [0.5, 0.6) is 0 Å². The van der Waals surface area contributed by atoms with Crippen LogP contribution >= 0.6 is 11.3 Å². The molecule has 0 aliphatic carbocycles. The topological polar surface area (TPSA) is 56.0 Å². The molecule has 7 heteroatoms. The first-order valence-corrected chi connectivity index (χ1v) is 7.03. The Balaban J connectivity index is 1.97. The van der Waals surface area contributed by atoms with E-state index < -0.39 is 16.6 Å². The van der Waals surface area contributed by atoms with E-state index >= 15 is 0 Å². The fraction of sp³-hybridized carbons (Fsp3) is 0. The van der Waals surface area contributed by atoms with Crippen LogP contribution in [0.15, 0.2) is 36.4 Å². The molecule has 0 amide bonds. The van der Waals surface area contributed by atoms with E-state index in [-0.39, 0.29) is 11.3 Å². The normalized spacial score (nSPS) is 11.4. The highest BCUT2D eigenvalue weighted by molar-refractivity contribution is 7.19. The van der Waals surface area contributed by atoms with E-state index in [4.69, 9.17) is 0 Å². The molecule has 3 rings (SSSR count). The van der Waals surface area contributed by atoms with Gasteiger partial charge in [-0.1, -0.05) is 6.07 Å². The zero-order chi connectivity index (χ0) is 15.7. The molecule has 110 valence electrons. The highest BCUT2D eigenvalue weighted by Crippen LogP contribution is 2.27. The van der Waals surface area contributed by atoms with Gasteiger partial charge in [-0.05, 0) is 30.4 Å². The number of thiazole rings is 1. The minimum Gasteiger partial charge on any atom is -0.258 e. The van der Waals surface area contributed by atoms with Crippen LogP contribution < -0.4 is 0 Å². The van der Waals surface area contributed by atoms with E-state index in [0.29, 0.717) is 15.2 Å². The van der Waals surface area contributed by atoms with Gasteiger partial charge >= 0.3 is 0 Å². The Hall–Kier alpha value is -2.67. The maximum absolute atomic E-state index is 13.5. The fourth-order valence-corrected chi connectivity index (χ4v) is 2.84. The van der Waals surface area contributed by atoms with Crippen molar-refractivity contribution in [3.05, 3.63) is 68.7 Å². The number of rotatable bonds is 3. The van der Waals surface area contributed by atoms with E-state index in [1.54, 1.807) is 6.07 Å². The van der Waals surface area contributed by atoms with Crippen molar-refractivity contribution < 1.29 is 13.7 Å². The Labute approximate surface area is 127 Å². The van der Waals surface area contributed by atoms with Crippen molar-refractivity contribution in [3.63, 3.8) is 0 Å². The van der Waals surface area contributed by atoms with Gasteiger partial charge < -0.3 is 0 Å². The number of halogens is 2. The number of nitrogens with zero attached hydrogens (tertiary/aromatic N) is 2. The second kappa shape index (κ2) is 5.61. The second-order valence-electron chi connectivity index (χ2n) is 4.43. The lowest BCUT2D eigenvalue weighted by Gasteiger charge is -1.97. The number of nitro groups is 1. The van der Waals surface area contributed by atoms with Gasteiger partial charge in [0, 0.05) is 17.7 Å². The van der Waals surface area contributed by atoms with Crippen LogP contribution in [-0.4, -0.2) is 9.91 Å². The molecule has 1 heterocycles. The summed E-state index contributed by atoms with van der Waals surface area (Å²) < 4.78 is 27.7.